The van der Waals surface area contributed by atoms with E-state index in [1.807, 2.05) is 14.0 Å². The summed E-state index contributed by atoms with van der Waals surface area (Å²) in [7, 11) is 1.97. The van der Waals surface area contributed by atoms with Crippen LogP contribution in [0.3, 0.4) is 0 Å². The zero-order valence-electron chi connectivity index (χ0n) is 19.1. The van der Waals surface area contributed by atoms with Gasteiger partial charge in [-0.15, -0.1) is 0 Å². The third-order valence-corrected chi connectivity index (χ3v) is 6.40. The maximum atomic E-state index is 15.3. The second-order valence-electron chi connectivity index (χ2n) is 8.99. The van der Waals surface area contributed by atoms with Gasteiger partial charge >= 0.3 is 0 Å². The fourth-order valence-electron chi connectivity index (χ4n) is 4.67. The molecule has 1 saturated heterocycles. The number of carbonyl (C=O) groups excluding carboxylic acids is 2. The molecule has 0 radical (unpaired) electrons. The highest BCUT2D eigenvalue weighted by Crippen LogP contribution is 2.31. The maximum absolute atomic E-state index is 15.3. The van der Waals surface area contributed by atoms with E-state index in [1.54, 1.807) is 4.90 Å². The average Bonchev–Trinajstić information content (AvgIpc) is 3.31. The summed E-state index contributed by atoms with van der Waals surface area (Å²) >= 11 is 0. The van der Waals surface area contributed by atoms with Gasteiger partial charge in [-0.25, -0.2) is 19.4 Å². The van der Waals surface area contributed by atoms with Gasteiger partial charge in [-0.2, -0.15) is 4.39 Å². The summed E-state index contributed by atoms with van der Waals surface area (Å²) in [5, 5.41) is 10.0. The van der Waals surface area contributed by atoms with Crippen molar-refractivity contribution in [1.82, 2.24) is 25.4 Å². The highest BCUT2D eigenvalue weighted by Gasteiger charge is 2.29. The van der Waals surface area contributed by atoms with Crippen LogP contribution in [0.1, 0.15) is 44.9 Å². The number of alkyl halides is 1. The third-order valence-electron chi connectivity index (χ3n) is 6.40. The Hall–Kier alpha value is -2.60. The van der Waals surface area contributed by atoms with Crippen LogP contribution in [0.4, 0.5) is 20.4 Å². The molecule has 1 aromatic heterocycles. The number of nitrogens with one attached hydrogen (secondary N) is 2. The lowest BCUT2D eigenvalue weighted by atomic mass is 9.92. The first-order valence-electron chi connectivity index (χ1n) is 11.4. The molecule has 2 amide bonds. The van der Waals surface area contributed by atoms with Crippen LogP contribution in [0.25, 0.3) is 0 Å². The van der Waals surface area contributed by atoms with Crippen molar-refractivity contribution in [3.8, 4) is 0 Å². The number of hydroxylamine groups is 2. The van der Waals surface area contributed by atoms with Gasteiger partial charge in [0.15, 0.2) is 17.5 Å². The lowest BCUT2D eigenvalue weighted by Gasteiger charge is -2.39. The predicted octanol–water partition coefficient (Wildman–Crippen LogP) is 1.71. The Morgan fingerprint density at radius 3 is 2.70 bits per heavy atom. The van der Waals surface area contributed by atoms with Crippen molar-refractivity contribution >= 4 is 24.0 Å². The molecule has 3 rings (SSSR count). The molecule has 0 unspecified atom stereocenters. The molecule has 2 fully saturated rings. The van der Waals surface area contributed by atoms with Crippen molar-refractivity contribution < 1.29 is 23.6 Å². The van der Waals surface area contributed by atoms with Crippen LogP contribution in [0.5, 0.6) is 0 Å². The van der Waals surface area contributed by atoms with Crippen molar-refractivity contribution in [1.29, 1.82) is 0 Å². The van der Waals surface area contributed by atoms with E-state index in [1.165, 1.54) is 0 Å². The number of rotatable bonds is 10. The van der Waals surface area contributed by atoms with Crippen molar-refractivity contribution in [3.63, 3.8) is 0 Å². The Balaban J connectivity index is 1.74. The Labute approximate surface area is 192 Å². The second kappa shape index (κ2) is 11.5. The molecule has 1 aliphatic carbocycles. The van der Waals surface area contributed by atoms with Gasteiger partial charge in [0.05, 0.1) is 12.5 Å². The minimum absolute atomic E-state index is 0.0139. The van der Waals surface area contributed by atoms with Crippen LogP contribution in [-0.2, 0) is 16.3 Å². The quantitative estimate of drug-likeness (QED) is 0.270. The van der Waals surface area contributed by atoms with Crippen molar-refractivity contribution in [2.24, 2.45) is 11.8 Å². The van der Waals surface area contributed by atoms with Gasteiger partial charge < -0.3 is 9.80 Å². The normalized spacial score (nSPS) is 20.5. The fraction of sp³-hybridized carbons (Fsp3) is 0.714. The monoisotopic (exact) mass is 469 g/mol. The number of carbonyl (C=O) groups is 2. The number of halogens is 2. The van der Waals surface area contributed by atoms with E-state index in [2.05, 4.69) is 25.7 Å². The van der Waals surface area contributed by atoms with Gasteiger partial charge in [-0.3, -0.25) is 25.6 Å². The van der Waals surface area contributed by atoms with Crippen LogP contribution >= 0.6 is 0 Å². The second-order valence-corrected chi connectivity index (χ2v) is 8.99. The molecule has 0 bridgehead atoms. The zero-order chi connectivity index (χ0) is 24.0. The molecule has 12 heteroatoms. The molecule has 3 N–H and O–H groups in total. The van der Waals surface area contributed by atoms with E-state index in [9.17, 15) is 19.2 Å². The van der Waals surface area contributed by atoms with E-state index in [0.717, 1.165) is 25.7 Å². The lowest BCUT2D eigenvalue weighted by molar-refractivity contribution is -0.154. The standard InChI is InChI=1S/C21H33F2N7O3/c1-14-11-28(2)7-8-30(14)20-18(23)19(24-17(10-22)25-20)26-27-21(32)16(12-29(33)13-31)9-15-5-3-4-6-15/h13-16,33H,3-12H2,1-2H3,(H,27,32)(H,24,25,26)/t14-,16+/m0/s1. The number of hydrazine groups is 1. The Kier molecular flexibility index (Phi) is 8.73. The zero-order valence-corrected chi connectivity index (χ0v) is 19.1. The van der Waals surface area contributed by atoms with Crippen LogP contribution in [0.15, 0.2) is 0 Å². The smallest absolute Gasteiger partial charge is 0.243 e. The molecule has 1 aliphatic heterocycles. The molecular weight excluding hydrogens is 436 g/mol. The molecule has 33 heavy (non-hydrogen) atoms. The van der Waals surface area contributed by atoms with E-state index in [4.69, 9.17) is 0 Å². The molecule has 2 heterocycles. The SMILES string of the molecule is C[C@H]1CN(C)CCN1c1nc(CF)nc(NNC(=O)[C@H](CC2CCCC2)CN(O)C=O)c1F. The van der Waals surface area contributed by atoms with E-state index >= 15 is 4.39 Å². The molecule has 10 nitrogen and oxygen atoms in total. The number of aromatic nitrogens is 2. The fourth-order valence-corrected chi connectivity index (χ4v) is 4.67. The van der Waals surface area contributed by atoms with Gasteiger partial charge in [0.2, 0.25) is 18.1 Å². The van der Waals surface area contributed by atoms with Gasteiger partial charge in [0.1, 0.15) is 6.67 Å². The number of anilines is 2. The summed E-state index contributed by atoms with van der Waals surface area (Å²) in [4.78, 5) is 35.4. The number of piperazine rings is 1. The summed E-state index contributed by atoms with van der Waals surface area (Å²) < 4.78 is 28.7. The van der Waals surface area contributed by atoms with Crippen molar-refractivity contribution in [3.05, 3.63) is 11.6 Å². The molecule has 2 atom stereocenters. The van der Waals surface area contributed by atoms with Gasteiger partial charge in [0.25, 0.3) is 0 Å². The molecule has 0 aromatic carbocycles. The average molecular weight is 470 g/mol. The number of likely N-dealkylation sites (N-methyl/N-ethyl adjacent to an activating group) is 1. The summed E-state index contributed by atoms with van der Waals surface area (Å²) in [6, 6.07) is -0.0438. The number of hydrogen-bond acceptors (Lipinski definition) is 8. The van der Waals surface area contributed by atoms with Crippen molar-refractivity contribution in [2.75, 3.05) is 43.6 Å². The summed E-state index contributed by atoms with van der Waals surface area (Å²) in [6.45, 7) is 2.69. The Morgan fingerprint density at radius 2 is 2.06 bits per heavy atom. The Morgan fingerprint density at radius 1 is 1.33 bits per heavy atom. The van der Waals surface area contributed by atoms with E-state index < -0.39 is 24.3 Å². The minimum atomic E-state index is -0.985. The highest BCUT2D eigenvalue weighted by molar-refractivity contribution is 5.80. The van der Waals surface area contributed by atoms with E-state index in [-0.39, 0.29) is 36.5 Å². The van der Waals surface area contributed by atoms with Crippen LogP contribution in [0.2, 0.25) is 0 Å². The van der Waals surface area contributed by atoms with Crippen LogP contribution in [0, 0.1) is 17.7 Å². The molecule has 0 spiro atoms. The first-order valence-corrected chi connectivity index (χ1v) is 11.4. The minimum Gasteiger partial charge on any atom is -0.349 e. The molecule has 2 aliphatic rings. The summed E-state index contributed by atoms with van der Waals surface area (Å²) in [5.74, 6) is -2.22. The van der Waals surface area contributed by atoms with Crippen LogP contribution < -0.4 is 15.8 Å². The molecule has 1 saturated carbocycles. The largest absolute Gasteiger partial charge is 0.349 e. The predicted molar refractivity (Wildman–Crippen MR) is 117 cm³/mol. The van der Waals surface area contributed by atoms with Gasteiger partial charge in [-0.05, 0) is 26.3 Å². The number of amides is 2. The Bertz CT molecular complexity index is 825. The first kappa shape index (κ1) is 25.0. The van der Waals surface area contributed by atoms with Gasteiger partial charge in [0, 0.05) is 25.7 Å². The van der Waals surface area contributed by atoms with Gasteiger partial charge in [-0.1, -0.05) is 25.7 Å². The summed E-state index contributed by atoms with van der Waals surface area (Å²) in [5.41, 5.74) is 4.89. The van der Waals surface area contributed by atoms with Crippen molar-refractivity contribution in [2.45, 2.75) is 51.7 Å². The molecule has 184 valence electrons. The topological polar surface area (TPSA) is 114 Å². The van der Waals surface area contributed by atoms with E-state index in [0.29, 0.717) is 37.0 Å². The third kappa shape index (κ3) is 6.47. The lowest BCUT2D eigenvalue weighted by Crippen LogP contribution is -2.51. The highest BCUT2D eigenvalue weighted by atomic mass is 19.1. The van der Waals surface area contributed by atoms with Crippen LogP contribution in [-0.4, -0.2) is 76.7 Å². The number of hydrogen-bond donors (Lipinski definition) is 3. The number of nitrogens with zero attached hydrogens (tertiary/aromatic N) is 5. The molecular formula is C21H33F2N7O3. The summed E-state index contributed by atoms with van der Waals surface area (Å²) in [6.07, 6.45) is 4.86. The maximum Gasteiger partial charge on any atom is 0.243 e. The molecule has 1 aromatic rings. The first-order chi connectivity index (χ1) is 15.8.